The molecule has 1 aliphatic rings. The molecule has 3 rings (SSSR count). The van der Waals surface area contributed by atoms with Gasteiger partial charge in [0.05, 0.1) is 24.3 Å². The van der Waals surface area contributed by atoms with Crippen molar-refractivity contribution in [2.75, 3.05) is 13.2 Å². The first-order valence-electron chi connectivity index (χ1n) is 6.62. The quantitative estimate of drug-likeness (QED) is 0.869. The lowest BCUT2D eigenvalue weighted by molar-refractivity contribution is -0.0388. The Bertz CT molecular complexity index is 655. The third-order valence-corrected chi connectivity index (χ3v) is 4.09. The molecule has 2 unspecified atom stereocenters. The number of ether oxygens (including phenoxy) is 1. The van der Waals surface area contributed by atoms with Gasteiger partial charge < -0.3 is 9.64 Å². The Balaban J connectivity index is 1.97. The molecule has 1 N–H and O–H groups in total. The van der Waals surface area contributed by atoms with E-state index in [2.05, 4.69) is 26.1 Å². The molecule has 0 spiro atoms. The van der Waals surface area contributed by atoms with Crippen LogP contribution in [0.25, 0.3) is 10.9 Å². The van der Waals surface area contributed by atoms with Crippen LogP contribution in [-0.2, 0) is 4.74 Å². The summed E-state index contributed by atoms with van der Waals surface area (Å²) in [7, 11) is 0. The van der Waals surface area contributed by atoms with Gasteiger partial charge in [-0.1, -0.05) is 15.9 Å². The predicted octanol–water partition coefficient (Wildman–Crippen LogP) is 2.57. The number of aromatic nitrogens is 2. The van der Waals surface area contributed by atoms with E-state index >= 15 is 0 Å². The number of nitrogens with one attached hydrogen (secondary N) is 1. The molecule has 5 nitrogen and oxygen atoms in total. The molecule has 0 bridgehead atoms. The number of morpholine rings is 1. The first-order chi connectivity index (χ1) is 9.56. The first kappa shape index (κ1) is 13.6. The van der Waals surface area contributed by atoms with Gasteiger partial charge in [0, 0.05) is 16.4 Å². The standard InChI is InChI=1S/C14H16BrN3O2/c1-8-7-20-9(2)6-18(8)14(19)13-11-5-10(15)3-4-12(11)16-17-13/h3-5,8-9H,6-7H2,1-2H3,(H,16,17). The molecule has 0 aliphatic carbocycles. The van der Waals surface area contributed by atoms with Crippen LogP contribution in [-0.4, -0.2) is 46.3 Å². The molecule has 106 valence electrons. The van der Waals surface area contributed by atoms with Crippen molar-refractivity contribution in [3.63, 3.8) is 0 Å². The maximum atomic E-state index is 12.7. The van der Waals surface area contributed by atoms with Gasteiger partial charge in [-0.05, 0) is 32.0 Å². The van der Waals surface area contributed by atoms with E-state index in [1.54, 1.807) is 0 Å². The molecule has 2 heterocycles. The van der Waals surface area contributed by atoms with Gasteiger partial charge >= 0.3 is 0 Å². The molecule has 0 radical (unpaired) electrons. The number of carbonyl (C=O) groups excluding carboxylic acids is 1. The highest BCUT2D eigenvalue weighted by Gasteiger charge is 2.30. The molecule has 2 atom stereocenters. The minimum atomic E-state index is -0.0444. The van der Waals surface area contributed by atoms with Crippen LogP contribution < -0.4 is 0 Å². The summed E-state index contributed by atoms with van der Waals surface area (Å²) in [5.74, 6) is -0.0444. The molecule has 1 aromatic carbocycles. The fourth-order valence-corrected chi connectivity index (χ4v) is 2.83. The number of H-pyrrole nitrogens is 1. The highest BCUT2D eigenvalue weighted by atomic mass is 79.9. The number of rotatable bonds is 1. The number of hydrogen-bond acceptors (Lipinski definition) is 3. The van der Waals surface area contributed by atoms with Crippen molar-refractivity contribution in [3.05, 3.63) is 28.4 Å². The topological polar surface area (TPSA) is 58.2 Å². The lowest BCUT2D eigenvalue weighted by Crippen LogP contribution is -2.50. The lowest BCUT2D eigenvalue weighted by Gasteiger charge is -2.36. The van der Waals surface area contributed by atoms with Gasteiger partial charge in [0.1, 0.15) is 0 Å². The van der Waals surface area contributed by atoms with Crippen LogP contribution in [0.4, 0.5) is 0 Å². The van der Waals surface area contributed by atoms with E-state index in [0.717, 1.165) is 15.4 Å². The van der Waals surface area contributed by atoms with Gasteiger partial charge in [0.25, 0.3) is 5.91 Å². The Morgan fingerprint density at radius 1 is 1.50 bits per heavy atom. The smallest absolute Gasteiger partial charge is 0.275 e. The van der Waals surface area contributed by atoms with Crippen molar-refractivity contribution in [2.45, 2.75) is 26.0 Å². The van der Waals surface area contributed by atoms with Crippen LogP contribution >= 0.6 is 15.9 Å². The summed E-state index contributed by atoms with van der Waals surface area (Å²) in [4.78, 5) is 14.6. The zero-order valence-corrected chi connectivity index (χ0v) is 13.0. The molecule has 1 saturated heterocycles. The van der Waals surface area contributed by atoms with E-state index in [1.165, 1.54) is 0 Å². The third-order valence-electron chi connectivity index (χ3n) is 3.60. The fourth-order valence-electron chi connectivity index (χ4n) is 2.47. The van der Waals surface area contributed by atoms with Crippen LogP contribution in [0, 0.1) is 0 Å². The Kier molecular flexibility index (Phi) is 3.52. The number of fused-ring (bicyclic) bond motifs is 1. The van der Waals surface area contributed by atoms with Gasteiger partial charge in [-0.3, -0.25) is 9.89 Å². The van der Waals surface area contributed by atoms with Crippen molar-refractivity contribution < 1.29 is 9.53 Å². The minimum Gasteiger partial charge on any atom is -0.375 e. The van der Waals surface area contributed by atoms with Crippen LogP contribution in [0.2, 0.25) is 0 Å². The molecular weight excluding hydrogens is 322 g/mol. The summed E-state index contributed by atoms with van der Waals surface area (Å²) < 4.78 is 6.50. The zero-order valence-electron chi connectivity index (χ0n) is 11.4. The Hall–Kier alpha value is -1.40. The second-order valence-corrected chi connectivity index (χ2v) is 6.13. The normalized spacial score (nSPS) is 23.2. The Morgan fingerprint density at radius 2 is 2.30 bits per heavy atom. The number of hydrogen-bond donors (Lipinski definition) is 1. The third kappa shape index (κ3) is 2.33. The molecule has 2 aromatic rings. The summed E-state index contributed by atoms with van der Waals surface area (Å²) in [6.07, 6.45) is 0.0621. The number of benzene rings is 1. The van der Waals surface area contributed by atoms with E-state index in [1.807, 2.05) is 36.9 Å². The van der Waals surface area contributed by atoms with E-state index in [0.29, 0.717) is 18.8 Å². The number of halogens is 1. The van der Waals surface area contributed by atoms with Crippen molar-refractivity contribution in [2.24, 2.45) is 0 Å². The molecule has 0 saturated carbocycles. The van der Waals surface area contributed by atoms with Gasteiger partial charge in [-0.2, -0.15) is 5.10 Å². The molecule has 1 aliphatic heterocycles. The average molecular weight is 338 g/mol. The van der Waals surface area contributed by atoms with Crippen LogP contribution in [0.15, 0.2) is 22.7 Å². The Labute approximate surface area is 125 Å². The second-order valence-electron chi connectivity index (χ2n) is 5.21. The van der Waals surface area contributed by atoms with Crippen LogP contribution in [0.1, 0.15) is 24.3 Å². The molecule has 1 amide bonds. The van der Waals surface area contributed by atoms with E-state index in [9.17, 15) is 4.79 Å². The van der Waals surface area contributed by atoms with Crippen molar-refractivity contribution in [1.82, 2.24) is 15.1 Å². The van der Waals surface area contributed by atoms with Crippen molar-refractivity contribution in [1.29, 1.82) is 0 Å². The largest absolute Gasteiger partial charge is 0.375 e. The van der Waals surface area contributed by atoms with E-state index in [4.69, 9.17) is 4.74 Å². The number of amides is 1. The van der Waals surface area contributed by atoms with Crippen molar-refractivity contribution >= 4 is 32.7 Å². The second kappa shape index (κ2) is 5.18. The molecular formula is C14H16BrN3O2. The minimum absolute atomic E-state index is 0.0444. The fraction of sp³-hybridized carbons (Fsp3) is 0.429. The molecule has 20 heavy (non-hydrogen) atoms. The number of carbonyl (C=O) groups is 1. The Morgan fingerprint density at radius 3 is 3.10 bits per heavy atom. The first-order valence-corrected chi connectivity index (χ1v) is 7.41. The predicted molar refractivity (Wildman–Crippen MR) is 79.7 cm³/mol. The van der Waals surface area contributed by atoms with Gasteiger partial charge in [0.15, 0.2) is 5.69 Å². The highest BCUT2D eigenvalue weighted by Crippen LogP contribution is 2.23. The van der Waals surface area contributed by atoms with E-state index < -0.39 is 0 Å². The van der Waals surface area contributed by atoms with Gasteiger partial charge in [0.2, 0.25) is 0 Å². The van der Waals surface area contributed by atoms with Gasteiger partial charge in [-0.15, -0.1) is 0 Å². The van der Waals surface area contributed by atoms with Crippen LogP contribution in [0.3, 0.4) is 0 Å². The summed E-state index contributed by atoms with van der Waals surface area (Å²) >= 11 is 3.43. The summed E-state index contributed by atoms with van der Waals surface area (Å²) in [5.41, 5.74) is 1.34. The van der Waals surface area contributed by atoms with Gasteiger partial charge in [-0.25, -0.2) is 0 Å². The van der Waals surface area contributed by atoms with E-state index in [-0.39, 0.29) is 18.1 Å². The molecule has 1 aromatic heterocycles. The number of nitrogens with zero attached hydrogens (tertiary/aromatic N) is 2. The maximum absolute atomic E-state index is 12.7. The zero-order chi connectivity index (χ0) is 14.3. The molecule has 6 heteroatoms. The SMILES string of the molecule is CC1CN(C(=O)c2n[nH]c3ccc(Br)cc23)C(C)CO1. The summed E-state index contributed by atoms with van der Waals surface area (Å²) in [6, 6.07) is 5.82. The van der Waals surface area contributed by atoms with Crippen LogP contribution in [0.5, 0.6) is 0 Å². The highest BCUT2D eigenvalue weighted by molar-refractivity contribution is 9.10. The average Bonchev–Trinajstić information content (AvgIpc) is 2.83. The monoisotopic (exact) mass is 337 g/mol. The van der Waals surface area contributed by atoms with Crippen molar-refractivity contribution in [3.8, 4) is 0 Å². The number of aromatic amines is 1. The summed E-state index contributed by atoms with van der Waals surface area (Å²) in [5, 5.41) is 7.95. The molecule has 1 fully saturated rings. The lowest BCUT2D eigenvalue weighted by atomic mass is 10.1. The maximum Gasteiger partial charge on any atom is 0.275 e. The summed E-state index contributed by atoms with van der Waals surface area (Å²) in [6.45, 7) is 5.14.